The number of ether oxygens (including phenoxy) is 1. The van der Waals surface area contributed by atoms with Crippen LogP contribution >= 0.6 is 0 Å². The molecular weight excluding hydrogens is 581 g/mol. The van der Waals surface area contributed by atoms with E-state index in [1.54, 1.807) is 12.1 Å². The minimum absolute atomic E-state index is 0.0258. The monoisotopic (exact) mass is 626 g/mol. The van der Waals surface area contributed by atoms with Crippen LogP contribution in [0, 0.1) is 10.1 Å². The lowest BCUT2D eigenvalue weighted by Gasteiger charge is -2.40. The van der Waals surface area contributed by atoms with E-state index in [9.17, 15) is 10.1 Å². The smallest absolute Gasteiger partial charge is 0.269 e. The van der Waals surface area contributed by atoms with Crippen LogP contribution in [0.25, 0.3) is 23.3 Å². The van der Waals surface area contributed by atoms with E-state index in [0.29, 0.717) is 30.0 Å². The van der Waals surface area contributed by atoms with Gasteiger partial charge in [-0.25, -0.2) is 15.0 Å². The van der Waals surface area contributed by atoms with Crippen LogP contribution in [-0.4, -0.2) is 59.9 Å². The Labute approximate surface area is 256 Å². The predicted molar refractivity (Wildman–Crippen MR) is 176 cm³/mol. The molecule has 0 bridgehead atoms. The average molecular weight is 627 g/mol. The normalized spacial score (nSPS) is 20.4. The summed E-state index contributed by atoms with van der Waals surface area (Å²) in [5, 5.41) is 11.2. The number of aromatic nitrogens is 4. The summed E-state index contributed by atoms with van der Waals surface area (Å²) in [6.07, 6.45) is 4.81. The van der Waals surface area contributed by atoms with Crippen LogP contribution in [-0.2, 0) is 13.6 Å². The molecule has 0 aliphatic carbocycles. The van der Waals surface area contributed by atoms with E-state index in [2.05, 4.69) is 77.7 Å². The number of fused-ring (bicyclic) bond motifs is 1. The van der Waals surface area contributed by atoms with Gasteiger partial charge in [-0.1, -0.05) is 47.6 Å². The Morgan fingerprint density at radius 1 is 1.05 bits per heavy atom. The molecule has 0 saturated carbocycles. The first-order valence-corrected chi connectivity index (χ1v) is 20.5. The first-order valence-electron chi connectivity index (χ1n) is 14.7. The number of anilines is 1. The van der Waals surface area contributed by atoms with Crippen molar-refractivity contribution in [1.82, 2.24) is 19.5 Å². The van der Waals surface area contributed by atoms with Gasteiger partial charge in [0.2, 0.25) is 0 Å². The van der Waals surface area contributed by atoms with Crippen molar-refractivity contribution < 1.29 is 18.5 Å². The highest BCUT2D eigenvalue weighted by atomic mass is 28.4. The van der Waals surface area contributed by atoms with Crippen LogP contribution in [0.15, 0.2) is 30.6 Å². The van der Waals surface area contributed by atoms with E-state index in [1.807, 2.05) is 16.7 Å². The Balaban J connectivity index is 1.72. The van der Waals surface area contributed by atoms with Crippen LogP contribution in [0.2, 0.25) is 36.3 Å². The summed E-state index contributed by atoms with van der Waals surface area (Å²) in [5.74, 6) is 0.862. The Morgan fingerprint density at radius 3 is 2.26 bits per heavy atom. The van der Waals surface area contributed by atoms with Gasteiger partial charge >= 0.3 is 0 Å². The van der Waals surface area contributed by atoms with Gasteiger partial charge in [-0.3, -0.25) is 14.7 Å². The van der Waals surface area contributed by atoms with E-state index in [0.717, 1.165) is 5.56 Å². The number of benzene rings is 1. The lowest BCUT2D eigenvalue weighted by Crippen LogP contribution is -2.48. The number of nitrogens with two attached hydrogens (primary N) is 1. The van der Waals surface area contributed by atoms with Gasteiger partial charge in [-0.05, 0) is 60.0 Å². The van der Waals surface area contributed by atoms with Crippen molar-refractivity contribution in [2.24, 2.45) is 0 Å². The van der Waals surface area contributed by atoms with Crippen LogP contribution in [0.3, 0.4) is 0 Å². The molecule has 3 heterocycles. The minimum atomic E-state index is -2.14. The van der Waals surface area contributed by atoms with Gasteiger partial charge in [0.25, 0.3) is 5.69 Å². The molecule has 0 radical (unpaired) electrons. The first kappa shape index (κ1) is 32.9. The van der Waals surface area contributed by atoms with Crippen molar-refractivity contribution in [3.05, 3.63) is 52.1 Å². The predicted octanol–water partition coefficient (Wildman–Crippen LogP) is 7.19. The summed E-state index contributed by atoms with van der Waals surface area (Å²) >= 11 is 0. The maximum absolute atomic E-state index is 11.1. The second-order valence-corrected chi connectivity index (χ2v) is 23.9. The zero-order chi connectivity index (χ0) is 32.0. The molecule has 1 aliphatic rings. The van der Waals surface area contributed by atoms with E-state index >= 15 is 0 Å². The van der Waals surface area contributed by atoms with Crippen molar-refractivity contribution in [3.8, 4) is 0 Å². The molecule has 3 atom stereocenters. The summed E-state index contributed by atoms with van der Waals surface area (Å²) in [7, 11) is -4.19. The molecule has 13 heteroatoms. The van der Waals surface area contributed by atoms with E-state index in [-0.39, 0.29) is 33.8 Å². The lowest BCUT2D eigenvalue weighted by molar-refractivity contribution is -0.384. The number of nitro groups is 1. The third kappa shape index (κ3) is 7.06. The average Bonchev–Trinajstić information content (AvgIpc) is 3.46. The fourth-order valence-electron chi connectivity index (χ4n) is 4.42. The molecule has 3 aromatic rings. The summed E-state index contributed by atoms with van der Waals surface area (Å²) in [6, 6.07) is 6.34. The molecule has 4 rings (SSSR count). The number of nitro benzene ring substituents is 1. The van der Waals surface area contributed by atoms with Crippen LogP contribution < -0.4 is 5.73 Å². The minimum Gasteiger partial charge on any atom is -0.414 e. The van der Waals surface area contributed by atoms with Crippen LogP contribution in [0.4, 0.5) is 11.5 Å². The molecule has 0 spiro atoms. The van der Waals surface area contributed by atoms with Gasteiger partial charge in [-0.2, -0.15) is 0 Å². The standard InChI is InChI=1S/C30H46N6O5Si2/c1-29(2,3)42(7,8)39-18-23-22(41-43(9,10)30(4,5)6)17-25(40-23)35-24(34-26-27(31)32-19-33-28(26)35)16-13-20-11-14-21(15-12-20)36(37)38/h11-16,19,22-23,25H,17-18H2,1-10H3,(H2,31,32,33)/b16-13+/t22-,23+,25+/m0/s1. The van der Waals surface area contributed by atoms with Gasteiger partial charge in [-0.15, -0.1) is 0 Å². The zero-order valence-electron chi connectivity index (χ0n) is 27.0. The summed E-state index contributed by atoms with van der Waals surface area (Å²) in [5.41, 5.74) is 8.09. The van der Waals surface area contributed by atoms with Gasteiger partial charge < -0.3 is 19.3 Å². The molecule has 2 aromatic heterocycles. The van der Waals surface area contributed by atoms with Gasteiger partial charge in [0.15, 0.2) is 33.6 Å². The number of nitrogens with zero attached hydrogens (tertiary/aromatic N) is 5. The number of rotatable bonds is 9. The number of hydrogen-bond donors (Lipinski definition) is 1. The maximum Gasteiger partial charge on any atom is 0.269 e. The highest BCUT2D eigenvalue weighted by Gasteiger charge is 2.47. The lowest BCUT2D eigenvalue weighted by atomic mass is 10.2. The highest BCUT2D eigenvalue weighted by molar-refractivity contribution is 6.74. The van der Waals surface area contributed by atoms with Crippen LogP contribution in [0.1, 0.15) is 65.6 Å². The summed E-state index contributed by atoms with van der Waals surface area (Å²) in [4.78, 5) is 24.1. The fourth-order valence-corrected chi connectivity index (χ4v) is 6.79. The summed E-state index contributed by atoms with van der Waals surface area (Å²) in [6.45, 7) is 22.8. The van der Waals surface area contributed by atoms with Crippen LogP contribution in [0.5, 0.6) is 0 Å². The van der Waals surface area contributed by atoms with Crippen molar-refractivity contribution >= 4 is 51.5 Å². The quantitative estimate of drug-likeness (QED) is 0.148. The molecule has 1 saturated heterocycles. The first-order chi connectivity index (χ1) is 19.8. The molecule has 2 N–H and O–H groups in total. The molecule has 43 heavy (non-hydrogen) atoms. The second-order valence-electron chi connectivity index (χ2n) is 14.3. The third-order valence-electron chi connectivity index (χ3n) is 9.20. The SMILES string of the molecule is CC(C)(C)[Si](C)(C)OC[C@H]1O[C@@H](n2c(/C=C/c3ccc([N+](=O)[O-])cc3)nc3c(N)ncnc32)C[C@@H]1O[Si](C)(C)C(C)(C)C. The Bertz CT molecular complexity index is 1490. The molecule has 11 nitrogen and oxygen atoms in total. The fraction of sp³-hybridized carbons (Fsp3) is 0.567. The molecular formula is C30H46N6O5Si2. The number of hydrogen-bond acceptors (Lipinski definition) is 9. The van der Waals surface area contributed by atoms with Gasteiger partial charge in [0.05, 0.1) is 17.6 Å². The number of imidazole rings is 1. The highest BCUT2D eigenvalue weighted by Crippen LogP contribution is 2.43. The van der Waals surface area contributed by atoms with Crippen molar-refractivity contribution in [1.29, 1.82) is 0 Å². The Morgan fingerprint density at radius 2 is 1.67 bits per heavy atom. The summed E-state index contributed by atoms with van der Waals surface area (Å²) < 4.78 is 22.4. The Kier molecular flexibility index (Phi) is 9.07. The van der Waals surface area contributed by atoms with Gasteiger partial charge in [0, 0.05) is 18.6 Å². The molecule has 1 aromatic carbocycles. The van der Waals surface area contributed by atoms with E-state index in [1.165, 1.54) is 18.5 Å². The topological polar surface area (TPSA) is 140 Å². The Hall–Kier alpha value is -2.98. The van der Waals surface area contributed by atoms with Crippen molar-refractivity contribution in [2.45, 2.75) is 103 Å². The maximum atomic E-state index is 11.1. The molecule has 234 valence electrons. The van der Waals surface area contributed by atoms with E-state index in [4.69, 9.17) is 24.3 Å². The van der Waals surface area contributed by atoms with Crippen molar-refractivity contribution in [2.75, 3.05) is 12.3 Å². The molecule has 0 unspecified atom stereocenters. The van der Waals surface area contributed by atoms with E-state index < -0.39 is 27.8 Å². The largest absolute Gasteiger partial charge is 0.414 e. The zero-order valence-corrected chi connectivity index (χ0v) is 29.0. The van der Waals surface area contributed by atoms with Crippen molar-refractivity contribution in [3.63, 3.8) is 0 Å². The van der Waals surface area contributed by atoms with Gasteiger partial charge in [0.1, 0.15) is 24.5 Å². The molecule has 1 fully saturated rings. The molecule has 1 aliphatic heterocycles. The molecule has 0 amide bonds. The number of non-ortho nitro benzene ring substituents is 1. The second kappa shape index (κ2) is 11.8. The third-order valence-corrected chi connectivity index (χ3v) is 18.2. The number of nitrogen functional groups attached to an aromatic ring is 1.